The van der Waals surface area contributed by atoms with Gasteiger partial charge in [-0.2, -0.15) is 0 Å². The molecule has 0 aromatic heterocycles. The molecule has 1 fully saturated rings. The number of nitro benzene ring substituents is 1. The smallest absolute Gasteiger partial charge is 0.269 e. The second-order valence-corrected chi connectivity index (χ2v) is 6.66. The van der Waals surface area contributed by atoms with Crippen molar-refractivity contribution in [3.8, 4) is 5.75 Å². The highest BCUT2D eigenvalue weighted by Crippen LogP contribution is 2.26. The van der Waals surface area contributed by atoms with Crippen LogP contribution in [0.4, 0.5) is 5.69 Å². The first-order valence-corrected chi connectivity index (χ1v) is 7.41. The molecule has 1 saturated heterocycles. The van der Waals surface area contributed by atoms with Gasteiger partial charge in [-0.05, 0) is 18.6 Å². The van der Waals surface area contributed by atoms with E-state index in [9.17, 15) is 23.6 Å². The van der Waals surface area contributed by atoms with Crippen LogP contribution in [-0.4, -0.2) is 42.2 Å². The Labute approximate surface area is 109 Å². The van der Waals surface area contributed by atoms with Crippen molar-refractivity contribution in [1.29, 1.82) is 0 Å². The van der Waals surface area contributed by atoms with Crippen molar-refractivity contribution in [1.82, 2.24) is 0 Å². The van der Waals surface area contributed by atoms with E-state index in [2.05, 4.69) is 0 Å². The zero-order chi connectivity index (χ0) is 14.2. The molecule has 2 unspecified atom stereocenters. The van der Waals surface area contributed by atoms with Gasteiger partial charge in [0.15, 0.2) is 9.84 Å². The van der Waals surface area contributed by atoms with Crippen molar-refractivity contribution in [3.05, 3.63) is 33.9 Å². The largest absolute Gasteiger partial charge is 0.486 e. The molecule has 2 rings (SSSR count). The van der Waals surface area contributed by atoms with Crippen molar-refractivity contribution in [2.24, 2.45) is 0 Å². The minimum atomic E-state index is -3.28. The molecule has 1 aromatic rings. The molecule has 104 valence electrons. The van der Waals surface area contributed by atoms with Crippen LogP contribution in [0.2, 0.25) is 0 Å². The molecule has 0 radical (unpaired) electrons. The second-order valence-electron chi connectivity index (χ2n) is 4.51. The van der Waals surface area contributed by atoms with E-state index in [0.717, 1.165) is 0 Å². The highest BCUT2D eigenvalue weighted by Gasteiger charge is 2.38. The molecule has 0 spiro atoms. The summed E-state index contributed by atoms with van der Waals surface area (Å²) in [6.45, 7) is 1.62. The maximum atomic E-state index is 11.3. The molecule has 1 N–H and O–H groups in total. The van der Waals surface area contributed by atoms with Crippen LogP contribution in [0.15, 0.2) is 18.2 Å². The third-order valence-electron chi connectivity index (χ3n) is 2.92. The zero-order valence-corrected chi connectivity index (χ0v) is 11.0. The number of hydrogen-bond donors (Lipinski definition) is 1. The summed E-state index contributed by atoms with van der Waals surface area (Å²) in [4.78, 5) is 10.1. The molecule has 2 atom stereocenters. The van der Waals surface area contributed by atoms with Gasteiger partial charge in [0.05, 0.1) is 16.4 Å². The van der Waals surface area contributed by atoms with E-state index in [1.54, 1.807) is 6.92 Å². The van der Waals surface area contributed by atoms with Gasteiger partial charge in [-0.15, -0.1) is 0 Å². The highest BCUT2D eigenvalue weighted by molar-refractivity contribution is 7.91. The monoisotopic (exact) mass is 287 g/mol. The Morgan fingerprint density at radius 3 is 2.58 bits per heavy atom. The van der Waals surface area contributed by atoms with E-state index in [-0.39, 0.29) is 17.2 Å². The number of nitro groups is 1. The third kappa shape index (κ3) is 3.02. The first-order chi connectivity index (χ1) is 8.78. The highest BCUT2D eigenvalue weighted by atomic mass is 32.2. The minimum absolute atomic E-state index is 0.0653. The molecular formula is C11H13NO6S. The van der Waals surface area contributed by atoms with Crippen LogP contribution < -0.4 is 4.74 Å². The Bertz CT molecular complexity index is 612. The van der Waals surface area contributed by atoms with Gasteiger partial charge >= 0.3 is 0 Å². The zero-order valence-electron chi connectivity index (χ0n) is 10.1. The lowest BCUT2D eigenvalue weighted by atomic mass is 10.2. The Morgan fingerprint density at radius 2 is 2.11 bits per heavy atom. The van der Waals surface area contributed by atoms with Gasteiger partial charge < -0.3 is 9.84 Å². The number of rotatable bonds is 3. The summed E-state index contributed by atoms with van der Waals surface area (Å²) in [5.74, 6) is -0.222. The number of hydrogen-bond acceptors (Lipinski definition) is 6. The molecule has 1 aliphatic rings. The van der Waals surface area contributed by atoms with Gasteiger partial charge in [0.2, 0.25) is 0 Å². The van der Waals surface area contributed by atoms with Crippen molar-refractivity contribution in [3.63, 3.8) is 0 Å². The van der Waals surface area contributed by atoms with Crippen LogP contribution in [0, 0.1) is 17.0 Å². The Balaban J connectivity index is 2.18. The topological polar surface area (TPSA) is 107 Å². The molecule has 0 bridgehead atoms. The average Bonchev–Trinajstić information content (AvgIpc) is 2.54. The van der Waals surface area contributed by atoms with E-state index >= 15 is 0 Å². The number of benzene rings is 1. The van der Waals surface area contributed by atoms with Gasteiger partial charge in [-0.1, -0.05) is 0 Å². The number of aryl methyl sites for hydroxylation is 1. The van der Waals surface area contributed by atoms with E-state index in [1.807, 2.05) is 0 Å². The number of nitrogens with zero attached hydrogens (tertiary/aromatic N) is 1. The summed E-state index contributed by atoms with van der Waals surface area (Å²) in [5, 5.41) is 20.2. The Kier molecular flexibility index (Phi) is 3.46. The quantitative estimate of drug-likeness (QED) is 0.638. The van der Waals surface area contributed by atoms with Crippen LogP contribution in [0.5, 0.6) is 5.75 Å². The lowest BCUT2D eigenvalue weighted by Crippen LogP contribution is -2.30. The predicted octanol–water partition coefficient (Wildman–Crippen LogP) is 0.440. The maximum absolute atomic E-state index is 11.3. The normalized spacial score (nSPS) is 25.2. The first-order valence-electron chi connectivity index (χ1n) is 5.59. The second kappa shape index (κ2) is 4.78. The fraction of sp³-hybridized carbons (Fsp3) is 0.455. The number of aliphatic hydroxyl groups excluding tert-OH is 1. The fourth-order valence-electron chi connectivity index (χ4n) is 1.95. The van der Waals surface area contributed by atoms with Gasteiger partial charge in [0.1, 0.15) is 18.0 Å². The van der Waals surface area contributed by atoms with E-state index in [1.165, 1.54) is 18.2 Å². The number of sulfone groups is 1. The van der Waals surface area contributed by atoms with Crippen LogP contribution in [0.3, 0.4) is 0 Å². The minimum Gasteiger partial charge on any atom is -0.486 e. The van der Waals surface area contributed by atoms with Crippen molar-refractivity contribution >= 4 is 15.5 Å². The maximum Gasteiger partial charge on any atom is 0.269 e. The van der Waals surface area contributed by atoms with E-state index < -0.39 is 27.0 Å². The average molecular weight is 287 g/mol. The third-order valence-corrected chi connectivity index (χ3v) is 4.61. The van der Waals surface area contributed by atoms with Gasteiger partial charge in [0.25, 0.3) is 5.69 Å². The fourth-order valence-corrected chi connectivity index (χ4v) is 3.61. The molecule has 0 saturated carbocycles. The van der Waals surface area contributed by atoms with Crippen molar-refractivity contribution in [2.75, 3.05) is 11.5 Å². The molecule has 7 nitrogen and oxygen atoms in total. The molecule has 8 heteroatoms. The van der Waals surface area contributed by atoms with Crippen molar-refractivity contribution < 1.29 is 23.2 Å². The summed E-state index contributed by atoms with van der Waals surface area (Å²) >= 11 is 0. The van der Waals surface area contributed by atoms with Crippen molar-refractivity contribution in [2.45, 2.75) is 19.1 Å². The summed E-state index contributed by atoms with van der Waals surface area (Å²) in [7, 11) is -3.28. The van der Waals surface area contributed by atoms with Crippen LogP contribution >= 0.6 is 0 Å². The Morgan fingerprint density at radius 1 is 1.42 bits per heavy atom. The number of aliphatic hydroxyl groups is 1. The molecule has 0 aliphatic carbocycles. The lowest BCUT2D eigenvalue weighted by Gasteiger charge is -2.17. The molecule has 1 aliphatic heterocycles. The van der Waals surface area contributed by atoms with E-state index in [0.29, 0.717) is 11.3 Å². The van der Waals surface area contributed by atoms with Gasteiger partial charge in [-0.25, -0.2) is 8.42 Å². The Hall–Kier alpha value is -1.67. The molecular weight excluding hydrogens is 274 g/mol. The summed E-state index contributed by atoms with van der Waals surface area (Å²) < 4.78 is 28.1. The predicted molar refractivity (Wildman–Crippen MR) is 66.9 cm³/mol. The number of non-ortho nitro benzene ring substituents is 1. The lowest BCUT2D eigenvalue weighted by molar-refractivity contribution is -0.384. The molecule has 0 amide bonds. The standard InChI is InChI=1S/C11H13NO6S/c1-7-4-8(12(14)15)2-3-10(7)18-11-6-19(16,17)5-9(11)13/h2-4,9,11,13H,5-6H2,1H3. The van der Waals surface area contributed by atoms with E-state index in [4.69, 9.17) is 4.74 Å². The first kappa shape index (κ1) is 13.8. The van der Waals surface area contributed by atoms with Gasteiger partial charge in [0, 0.05) is 12.1 Å². The van der Waals surface area contributed by atoms with Gasteiger partial charge in [-0.3, -0.25) is 10.1 Å². The van der Waals surface area contributed by atoms with Crippen LogP contribution in [0.25, 0.3) is 0 Å². The molecule has 1 aromatic carbocycles. The van der Waals surface area contributed by atoms with Crippen LogP contribution in [0.1, 0.15) is 5.56 Å². The SMILES string of the molecule is Cc1cc([N+](=O)[O-])ccc1OC1CS(=O)(=O)CC1O. The molecule has 1 heterocycles. The number of ether oxygens (including phenoxy) is 1. The summed E-state index contributed by atoms with van der Waals surface area (Å²) in [6.07, 6.45) is -1.90. The van der Waals surface area contributed by atoms with Crippen LogP contribution in [-0.2, 0) is 9.84 Å². The summed E-state index contributed by atoms with van der Waals surface area (Å²) in [5.41, 5.74) is 0.454. The molecule has 19 heavy (non-hydrogen) atoms. The summed E-state index contributed by atoms with van der Waals surface area (Å²) in [6, 6.07) is 4.02.